The molecule has 3 aromatic rings. The molecule has 2 heterocycles. The number of methoxy groups -OCH3 is 1. The summed E-state index contributed by atoms with van der Waals surface area (Å²) >= 11 is 1.24. The zero-order valence-electron chi connectivity index (χ0n) is 19.4. The molecule has 1 amide bonds. The summed E-state index contributed by atoms with van der Waals surface area (Å²) in [4.78, 5) is 28.4. The van der Waals surface area contributed by atoms with Crippen molar-refractivity contribution >= 4 is 43.2 Å². The third-order valence-electron chi connectivity index (χ3n) is 6.04. The molecule has 1 fully saturated rings. The first kappa shape index (κ1) is 25.2. The second-order valence-corrected chi connectivity index (χ2v) is 11.2. The first-order valence-corrected chi connectivity index (χ1v) is 13.5. The summed E-state index contributed by atoms with van der Waals surface area (Å²) in [5, 5.41) is 11.2. The van der Waals surface area contributed by atoms with Gasteiger partial charge in [-0.1, -0.05) is 17.8 Å². The molecule has 0 N–H and O–H groups in total. The lowest BCUT2D eigenvalue weighted by Gasteiger charge is -2.32. The second kappa shape index (κ2) is 10.4. The number of hydrogen-bond donors (Lipinski definition) is 0. The molecule has 1 aliphatic rings. The minimum atomic E-state index is -3.64. The van der Waals surface area contributed by atoms with Crippen molar-refractivity contribution in [1.82, 2.24) is 8.87 Å². The van der Waals surface area contributed by atoms with Crippen LogP contribution in [0, 0.1) is 10.1 Å². The van der Waals surface area contributed by atoms with Crippen LogP contribution in [0.3, 0.4) is 0 Å². The first-order valence-electron chi connectivity index (χ1n) is 11.2. The molecule has 1 atom stereocenters. The summed E-state index contributed by atoms with van der Waals surface area (Å²) in [5.41, 5.74) is 0.779. The van der Waals surface area contributed by atoms with E-state index in [1.165, 1.54) is 52.0 Å². The van der Waals surface area contributed by atoms with E-state index in [0.29, 0.717) is 30.0 Å². The number of benzene rings is 2. The summed E-state index contributed by atoms with van der Waals surface area (Å²) in [6.07, 6.45) is 2.67. The van der Waals surface area contributed by atoms with Crippen LogP contribution in [0.1, 0.15) is 36.5 Å². The maximum absolute atomic E-state index is 13.0. The molecule has 1 aliphatic heterocycles. The van der Waals surface area contributed by atoms with Crippen LogP contribution < -0.4 is 4.80 Å². The monoisotopic (exact) mass is 518 g/mol. The predicted molar refractivity (Wildman–Crippen MR) is 132 cm³/mol. The van der Waals surface area contributed by atoms with Crippen molar-refractivity contribution in [3.05, 3.63) is 62.9 Å². The van der Waals surface area contributed by atoms with Gasteiger partial charge in [0.1, 0.15) is 0 Å². The Balaban J connectivity index is 1.67. The minimum Gasteiger partial charge on any atom is -0.383 e. The minimum absolute atomic E-state index is 0.0563. The number of rotatable bonds is 7. The number of nitrogens with zero attached hydrogens (tertiary/aromatic N) is 4. The summed E-state index contributed by atoms with van der Waals surface area (Å²) in [5.74, 6) is -0.535. The number of fused-ring (bicyclic) bond motifs is 1. The summed E-state index contributed by atoms with van der Waals surface area (Å²) < 4.78 is 35.2. The third kappa shape index (κ3) is 5.20. The summed E-state index contributed by atoms with van der Waals surface area (Å²) in [6, 6.07) is 10.2. The van der Waals surface area contributed by atoms with Gasteiger partial charge in [-0.05, 0) is 50.1 Å². The van der Waals surface area contributed by atoms with Crippen molar-refractivity contribution in [2.45, 2.75) is 43.7 Å². The van der Waals surface area contributed by atoms with Crippen LogP contribution in [0.4, 0.5) is 5.69 Å². The van der Waals surface area contributed by atoms with E-state index in [1.807, 2.05) is 6.92 Å². The Morgan fingerprint density at radius 1 is 1.23 bits per heavy atom. The largest absolute Gasteiger partial charge is 0.383 e. The van der Waals surface area contributed by atoms with Gasteiger partial charge in [0.05, 0.1) is 26.6 Å². The highest BCUT2D eigenvalue weighted by atomic mass is 32.2. The van der Waals surface area contributed by atoms with Gasteiger partial charge in [0, 0.05) is 43.9 Å². The molecule has 2 aromatic carbocycles. The molecule has 0 saturated carbocycles. The lowest BCUT2D eigenvalue weighted by Crippen LogP contribution is -2.41. The zero-order chi connectivity index (χ0) is 25.2. The van der Waals surface area contributed by atoms with Gasteiger partial charge < -0.3 is 9.30 Å². The number of non-ortho nitro benzene ring substituents is 1. The molecule has 1 saturated heterocycles. The number of hydrogen-bond acceptors (Lipinski definition) is 7. The number of sulfonamides is 1. The fourth-order valence-electron chi connectivity index (χ4n) is 4.14. The number of carbonyl (C=O) groups is 1. The molecular weight excluding hydrogens is 492 g/mol. The summed E-state index contributed by atoms with van der Waals surface area (Å²) in [7, 11) is -2.10. The van der Waals surface area contributed by atoms with E-state index in [4.69, 9.17) is 4.74 Å². The van der Waals surface area contributed by atoms with Crippen molar-refractivity contribution in [1.29, 1.82) is 0 Å². The standard InChI is InChI=1S/C23H26N4O6S2/c1-16-5-3-4-12-26(16)35(31,32)19-9-6-17(7-10-19)22(28)24-23-25(13-14-33-2)20-15-18(27(29)30)8-11-21(20)34-23/h6-11,15-16H,3-5,12-14H2,1-2H3. The molecule has 1 unspecified atom stereocenters. The van der Waals surface area contributed by atoms with Crippen molar-refractivity contribution in [2.75, 3.05) is 20.3 Å². The number of aromatic nitrogens is 1. The molecule has 10 nitrogen and oxygen atoms in total. The summed E-state index contributed by atoms with van der Waals surface area (Å²) in [6.45, 7) is 3.09. The topological polar surface area (TPSA) is 124 Å². The van der Waals surface area contributed by atoms with Gasteiger partial charge >= 0.3 is 0 Å². The lowest BCUT2D eigenvalue weighted by atomic mass is 10.1. The maximum Gasteiger partial charge on any atom is 0.279 e. The molecule has 1 aromatic heterocycles. The number of thiazole rings is 1. The Kier molecular flexibility index (Phi) is 7.45. The zero-order valence-corrected chi connectivity index (χ0v) is 21.0. The van der Waals surface area contributed by atoms with E-state index < -0.39 is 20.9 Å². The van der Waals surface area contributed by atoms with Crippen LogP contribution in [0.2, 0.25) is 0 Å². The van der Waals surface area contributed by atoms with Gasteiger partial charge in [0.2, 0.25) is 10.0 Å². The number of amides is 1. The average Bonchev–Trinajstić information content (AvgIpc) is 3.18. The van der Waals surface area contributed by atoms with E-state index in [2.05, 4.69) is 4.99 Å². The maximum atomic E-state index is 13.0. The van der Waals surface area contributed by atoms with Gasteiger partial charge in [-0.2, -0.15) is 9.30 Å². The third-order valence-corrected chi connectivity index (χ3v) is 9.13. The lowest BCUT2D eigenvalue weighted by molar-refractivity contribution is -0.384. The molecule has 0 bridgehead atoms. The van der Waals surface area contributed by atoms with Crippen molar-refractivity contribution < 1.29 is 22.9 Å². The van der Waals surface area contributed by atoms with Crippen LogP contribution in [0.15, 0.2) is 52.4 Å². The molecular formula is C23H26N4O6S2. The highest BCUT2D eigenvalue weighted by Crippen LogP contribution is 2.26. The highest BCUT2D eigenvalue weighted by Gasteiger charge is 2.31. The Hall–Kier alpha value is -2.93. The van der Waals surface area contributed by atoms with Crippen molar-refractivity contribution in [3.8, 4) is 0 Å². The Morgan fingerprint density at radius 2 is 1.97 bits per heavy atom. The van der Waals surface area contributed by atoms with Crippen LogP contribution in [0.5, 0.6) is 0 Å². The normalized spacial score (nSPS) is 17.7. The molecule has 0 radical (unpaired) electrons. The number of piperidine rings is 1. The smallest absolute Gasteiger partial charge is 0.279 e. The molecule has 12 heteroatoms. The highest BCUT2D eigenvalue weighted by molar-refractivity contribution is 7.89. The van der Waals surface area contributed by atoms with Crippen LogP contribution in [0.25, 0.3) is 10.2 Å². The van der Waals surface area contributed by atoms with Crippen LogP contribution in [-0.2, 0) is 21.3 Å². The Labute approximate surface area is 206 Å². The first-order chi connectivity index (χ1) is 16.7. The molecule has 35 heavy (non-hydrogen) atoms. The number of nitro groups is 1. The van der Waals surface area contributed by atoms with Gasteiger partial charge in [-0.15, -0.1) is 0 Å². The quantitative estimate of drug-likeness (QED) is 0.348. The average molecular weight is 519 g/mol. The molecule has 4 rings (SSSR count). The number of ether oxygens (including phenoxy) is 1. The van der Waals surface area contributed by atoms with Gasteiger partial charge in [0.15, 0.2) is 4.80 Å². The van der Waals surface area contributed by atoms with Crippen LogP contribution in [-0.4, -0.2) is 54.4 Å². The van der Waals surface area contributed by atoms with Gasteiger partial charge in [-0.3, -0.25) is 14.9 Å². The SMILES string of the molecule is COCCn1c(=NC(=O)c2ccc(S(=O)(=O)N3CCCCC3C)cc2)sc2ccc([N+](=O)[O-])cc21. The Morgan fingerprint density at radius 3 is 2.63 bits per heavy atom. The van der Waals surface area contributed by atoms with Gasteiger partial charge in [0.25, 0.3) is 11.6 Å². The molecule has 0 spiro atoms. The Bertz CT molecular complexity index is 1430. The van der Waals surface area contributed by atoms with E-state index in [1.54, 1.807) is 17.7 Å². The van der Waals surface area contributed by atoms with Gasteiger partial charge in [-0.25, -0.2) is 8.42 Å². The molecule has 0 aliphatic carbocycles. The fourth-order valence-corrected chi connectivity index (χ4v) is 6.87. The second-order valence-electron chi connectivity index (χ2n) is 8.34. The van der Waals surface area contributed by atoms with Crippen molar-refractivity contribution in [2.24, 2.45) is 4.99 Å². The predicted octanol–water partition coefficient (Wildman–Crippen LogP) is 3.56. The van der Waals surface area contributed by atoms with E-state index in [9.17, 15) is 23.3 Å². The fraction of sp³-hybridized carbons (Fsp3) is 0.391. The van der Waals surface area contributed by atoms with Crippen LogP contribution >= 0.6 is 11.3 Å². The number of carbonyl (C=O) groups excluding carboxylic acids is 1. The van der Waals surface area contributed by atoms with E-state index in [-0.39, 0.29) is 22.2 Å². The van der Waals surface area contributed by atoms with Crippen molar-refractivity contribution in [3.63, 3.8) is 0 Å². The van der Waals surface area contributed by atoms with E-state index >= 15 is 0 Å². The molecule has 186 valence electrons. The van der Waals surface area contributed by atoms with E-state index in [0.717, 1.165) is 24.0 Å². The number of nitro benzene ring substituents is 1.